The van der Waals surface area contributed by atoms with Crippen molar-refractivity contribution in [2.45, 2.75) is 238 Å². The van der Waals surface area contributed by atoms with Gasteiger partial charge in [-0.15, -0.1) is 0 Å². The third kappa shape index (κ3) is 52.3. The van der Waals surface area contributed by atoms with Gasteiger partial charge in [-0.3, -0.25) is 9.59 Å². The van der Waals surface area contributed by atoms with Crippen molar-refractivity contribution < 1.29 is 42.9 Å². The number of quaternary nitrogens is 1. The van der Waals surface area contributed by atoms with Gasteiger partial charge >= 0.3 is 11.9 Å². The smallest absolute Gasteiger partial charge is 0.306 e. The minimum Gasteiger partial charge on any atom is -0.545 e. The van der Waals surface area contributed by atoms with Gasteiger partial charge in [-0.1, -0.05) is 214 Å². The van der Waals surface area contributed by atoms with Gasteiger partial charge in [-0.2, -0.15) is 0 Å². The highest BCUT2D eigenvalue weighted by molar-refractivity contribution is 5.70. The van der Waals surface area contributed by atoms with E-state index in [-0.39, 0.29) is 38.6 Å². The number of carboxylic acid groups (broad SMARTS) is 1. The number of likely N-dealkylation sites (N-methyl/N-ethyl adjacent to an activating group) is 1. The molecule has 0 aromatic carbocycles. The molecule has 0 rings (SSSR count). The highest BCUT2D eigenvalue weighted by Gasteiger charge is 2.22. The lowest BCUT2D eigenvalue weighted by atomic mass is 10.0. The summed E-state index contributed by atoms with van der Waals surface area (Å²) >= 11 is 0. The molecule has 9 nitrogen and oxygen atoms in total. The molecular formula is C61H105NO8. The Morgan fingerprint density at radius 3 is 1.21 bits per heavy atom. The molecule has 0 aromatic rings. The quantitative estimate of drug-likeness (QED) is 0.0195. The Kier molecular flexibility index (Phi) is 49.2. The molecular weight excluding hydrogens is 875 g/mol. The van der Waals surface area contributed by atoms with Gasteiger partial charge in [-0.25, -0.2) is 0 Å². The van der Waals surface area contributed by atoms with Crippen LogP contribution in [0.3, 0.4) is 0 Å². The van der Waals surface area contributed by atoms with Crippen LogP contribution in [0.1, 0.15) is 226 Å². The van der Waals surface area contributed by atoms with Crippen molar-refractivity contribution in [3.8, 4) is 0 Å². The van der Waals surface area contributed by atoms with Crippen LogP contribution in [-0.2, 0) is 33.3 Å². The molecule has 0 spiro atoms. The summed E-state index contributed by atoms with van der Waals surface area (Å²) in [6.07, 6.45) is 64.9. The van der Waals surface area contributed by atoms with Crippen LogP contribution >= 0.6 is 0 Å². The number of aliphatic carboxylic acids is 1. The van der Waals surface area contributed by atoms with E-state index in [4.69, 9.17) is 18.9 Å². The van der Waals surface area contributed by atoms with Crippen molar-refractivity contribution in [1.29, 1.82) is 0 Å². The molecule has 0 aliphatic heterocycles. The number of carbonyl (C=O) groups excluding carboxylic acids is 3. The molecule has 0 saturated heterocycles. The molecule has 2 atom stereocenters. The SMILES string of the molecule is CC/C=C\C/C=C\C/C=C\C/C=C\C/C=C\CCCCCCCCCCCCCCCCCC(=O)OC(COC(=O)CCCCCCC/C=C\C/C=C\CCCC)COC(OCC[N+](C)(C)C)C(=O)[O-]. The standard InChI is InChI=1S/C61H105NO8/c1-6-8-10-12-14-16-18-20-22-23-24-25-26-27-28-29-30-31-32-33-34-35-36-37-38-40-42-44-46-48-50-52-59(64)70-57(56-69-61(60(65)66)67-54-53-62(3,4)5)55-68-58(63)51-49-47-45-43-41-39-21-19-17-15-13-11-9-7-2/h8,10,13-16,19-22,24-25,27-28,57,61H,6-7,9,11-12,17-18,23,26,29-56H2,1-5H3/b10-8-,15-13-,16-14-,21-19-,22-20-,25-24-,28-27-. The number of ether oxygens (including phenoxy) is 4. The first-order chi connectivity index (χ1) is 34.1. The van der Waals surface area contributed by atoms with E-state index < -0.39 is 24.3 Å². The molecule has 2 unspecified atom stereocenters. The maximum Gasteiger partial charge on any atom is 0.306 e. The Balaban J connectivity index is 4.17. The second kappa shape index (κ2) is 51.8. The fraction of sp³-hybridized carbons (Fsp3) is 0.721. The molecule has 0 amide bonds. The van der Waals surface area contributed by atoms with Crippen molar-refractivity contribution in [2.24, 2.45) is 0 Å². The predicted molar refractivity (Wildman–Crippen MR) is 292 cm³/mol. The Labute approximate surface area is 430 Å². The van der Waals surface area contributed by atoms with Crippen molar-refractivity contribution >= 4 is 17.9 Å². The number of rotatable bonds is 51. The largest absolute Gasteiger partial charge is 0.545 e. The van der Waals surface area contributed by atoms with Crippen LogP contribution in [0.5, 0.6) is 0 Å². The number of carboxylic acids is 1. The lowest BCUT2D eigenvalue weighted by Crippen LogP contribution is -2.44. The molecule has 9 heteroatoms. The van der Waals surface area contributed by atoms with Gasteiger partial charge < -0.3 is 33.3 Å². The van der Waals surface area contributed by atoms with Gasteiger partial charge in [0.25, 0.3) is 0 Å². The summed E-state index contributed by atoms with van der Waals surface area (Å²) in [6.45, 7) is 4.57. The number of hydrogen-bond donors (Lipinski definition) is 0. The summed E-state index contributed by atoms with van der Waals surface area (Å²) in [7, 11) is 5.91. The maximum atomic E-state index is 12.8. The number of carbonyl (C=O) groups is 3. The van der Waals surface area contributed by atoms with Gasteiger partial charge in [0.15, 0.2) is 12.4 Å². The van der Waals surface area contributed by atoms with Crippen LogP contribution in [0, 0.1) is 0 Å². The second-order valence-corrected chi connectivity index (χ2v) is 19.8. The number of unbranched alkanes of at least 4 members (excludes halogenated alkanes) is 22. The summed E-state index contributed by atoms with van der Waals surface area (Å²) in [6, 6.07) is 0. The minimum atomic E-state index is -1.63. The summed E-state index contributed by atoms with van der Waals surface area (Å²) in [5.41, 5.74) is 0. The normalized spacial score (nSPS) is 13.4. The zero-order chi connectivity index (χ0) is 51.3. The molecule has 0 heterocycles. The number of esters is 2. The van der Waals surface area contributed by atoms with E-state index in [0.717, 1.165) is 103 Å². The summed E-state index contributed by atoms with van der Waals surface area (Å²) in [5.74, 6) is -2.30. The van der Waals surface area contributed by atoms with E-state index in [1.807, 2.05) is 21.1 Å². The lowest BCUT2D eigenvalue weighted by molar-refractivity contribution is -0.870. The molecule has 70 heavy (non-hydrogen) atoms. The van der Waals surface area contributed by atoms with E-state index in [1.165, 1.54) is 89.9 Å². The Bertz CT molecular complexity index is 1420. The average molecular weight is 981 g/mol. The Morgan fingerprint density at radius 1 is 0.443 bits per heavy atom. The maximum absolute atomic E-state index is 12.8. The van der Waals surface area contributed by atoms with Crippen molar-refractivity contribution in [3.05, 3.63) is 85.1 Å². The van der Waals surface area contributed by atoms with Crippen molar-refractivity contribution in [2.75, 3.05) is 47.5 Å². The van der Waals surface area contributed by atoms with E-state index in [2.05, 4.69) is 98.9 Å². The van der Waals surface area contributed by atoms with Gasteiger partial charge in [0, 0.05) is 12.8 Å². The molecule has 0 aliphatic carbocycles. The van der Waals surface area contributed by atoms with Crippen LogP contribution in [-0.4, -0.2) is 82.3 Å². The highest BCUT2D eigenvalue weighted by Crippen LogP contribution is 2.16. The first-order valence-electron chi connectivity index (χ1n) is 28.2. The third-order valence-electron chi connectivity index (χ3n) is 11.9. The molecule has 0 bridgehead atoms. The van der Waals surface area contributed by atoms with E-state index in [0.29, 0.717) is 17.4 Å². The topological polar surface area (TPSA) is 111 Å². The van der Waals surface area contributed by atoms with E-state index >= 15 is 0 Å². The predicted octanol–water partition coefficient (Wildman–Crippen LogP) is 15.1. The average Bonchev–Trinajstić information content (AvgIpc) is 3.33. The fourth-order valence-electron chi connectivity index (χ4n) is 7.52. The minimum absolute atomic E-state index is 0.143. The van der Waals surface area contributed by atoms with Crippen molar-refractivity contribution in [3.63, 3.8) is 0 Å². The van der Waals surface area contributed by atoms with Crippen LogP contribution in [0.4, 0.5) is 0 Å². The number of nitrogens with zero attached hydrogens (tertiary/aromatic N) is 1. The molecule has 0 radical (unpaired) electrons. The van der Waals surface area contributed by atoms with Gasteiger partial charge in [0.05, 0.1) is 40.3 Å². The molecule has 402 valence electrons. The summed E-state index contributed by atoms with van der Waals surface area (Å²) in [4.78, 5) is 37.2. The first-order valence-corrected chi connectivity index (χ1v) is 28.2. The fourth-order valence-corrected chi connectivity index (χ4v) is 7.52. The van der Waals surface area contributed by atoms with Gasteiger partial charge in [0.1, 0.15) is 13.2 Å². The van der Waals surface area contributed by atoms with Crippen LogP contribution < -0.4 is 5.11 Å². The van der Waals surface area contributed by atoms with Crippen LogP contribution in [0.2, 0.25) is 0 Å². The zero-order valence-electron chi connectivity index (χ0n) is 45.6. The molecule has 0 aromatic heterocycles. The summed E-state index contributed by atoms with van der Waals surface area (Å²) < 4.78 is 22.6. The molecule has 0 N–H and O–H groups in total. The molecule has 0 saturated carbocycles. The molecule has 0 aliphatic rings. The Hall–Kier alpha value is -3.53. The molecule has 0 fully saturated rings. The highest BCUT2D eigenvalue weighted by atomic mass is 16.7. The van der Waals surface area contributed by atoms with Crippen molar-refractivity contribution in [1.82, 2.24) is 0 Å². The van der Waals surface area contributed by atoms with E-state index in [1.54, 1.807) is 0 Å². The number of allylic oxidation sites excluding steroid dienone is 14. The van der Waals surface area contributed by atoms with Crippen LogP contribution in [0.25, 0.3) is 0 Å². The van der Waals surface area contributed by atoms with Crippen LogP contribution in [0.15, 0.2) is 85.1 Å². The second-order valence-electron chi connectivity index (χ2n) is 19.8. The van der Waals surface area contributed by atoms with Gasteiger partial charge in [0.2, 0.25) is 0 Å². The summed E-state index contributed by atoms with van der Waals surface area (Å²) in [5, 5.41) is 11.7. The number of hydrogen-bond acceptors (Lipinski definition) is 8. The zero-order valence-corrected chi connectivity index (χ0v) is 45.6. The first kappa shape index (κ1) is 66.5. The monoisotopic (exact) mass is 980 g/mol. The van der Waals surface area contributed by atoms with E-state index in [9.17, 15) is 19.5 Å². The van der Waals surface area contributed by atoms with Gasteiger partial charge in [-0.05, 0) is 83.5 Å². The Morgan fingerprint density at radius 2 is 0.814 bits per heavy atom. The third-order valence-corrected chi connectivity index (χ3v) is 11.9. The lowest BCUT2D eigenvalue weighted by Gasteiger charge is -2.26.